The molecule has 2 aromatic rings. The molecular formula is C26H26ClN3O2S. The van der Waals surface area contributed by atoms with Gasteiger partial charge in [-0.1, -0.05) is 23.7 Å². The number of halogens is 1. The van der Waals surface area contributed by atoms with Crippen molar-refractivity contribution < 1.29 is 9.59 Å². The molecular weight excluding hydrogens is 454 g/mol. The first-order chi connectivity index (χ1) is 15.5. The lowest BCUT2D eigenvalue weighted by atomic mass is 9.86. The van der Waals surface area contributed by atoms with Gasteiger partial charge in [-0.2, -0.15) is 0 Å². The van der Waals surface area contributed by atoms with Crippen LogP contribution in [0, 0.1) is 0 Å². The summed E-state index contributed by atoms with van der Waals surface area (Å²) in [5.41, 5.74) is 4.62. The molecule has 1 N–H and O–H groups in total. The Balaban J connectivity index is 1.75. The number of hydrogen-bond acceptors (Lipinski definition) is 4. The molecule has 2 heterocycles. The topological polar surface area (TPSA) is 52.7 Å². The van der Waals surface area contributed by atoms with Crippen molar-refractivity contribution in [2.75, 3.05) is 9.80 Å². The molecule has 4 rings (SSSR count). The third kappa shape index (κ3) is 4.21. The minimum atomic E-state index is -0.509. The monoisotopic (exact) mass is 479 g/mol. The second kappa shape index (κ2) is 8.43. The van der Waals surface area contributed by atoms with Gasteiger partial charge in [0, 0.05) is 22.3 Å². The molecule has 0 aromatic heterocycles. The third-order valence-electron chi connectivity index (χ3n) is 5.91. The molecule has 0 atom stereocenters. The lowest BCUT2D eigenvalue weighted by Gasteiger charge is -2.46. The number of amides is 2. The van der Waals surface area contributed by atoms with Crippen LogP contribution in [0.1, 0.15) is 45.7 Å². The summed E-state index contributed by atoms with van der Waals surface area (Å²) in [6, 6.07) is 13.1. The summed E-state index contributed by atoms with van der Waals surface area (Å²) < 4.78 is 0. The van der Waals surface area contributed by atoms with Gasteiger partial charge in [-0.05, 0) is 100 Å². The van der Waals surface area contributed by atoms with Crippen molar-refractivity contribution in [2.24, 2.45) is 0 Å². The number of carbonyl (C=O) groups excluding carboxylic acids is 2. The molecule has 2 aromatic carbocycles. The summed E-state index contributed by atoms with van der Waals surface area (Å²) in [5.74, 6) is -0.980. The SMILES string of the molecule is CC1=CC(C)(C)N(C(C)C)c2ccc(/C=C3\C(=O)NC(=S)N(c4ccc(Cl)cc4)C3=O)cc21. The number of nitrogens with zero attached hydrogens (tertiary/aromatic N) is 2. The van der Waals surface area contributed by atoms with Gasteiger partial charge in [-0.25, -0.2) is 0 Å². The predicted octanol–water partition coefficient (Wildman–Crippen LogP) is 5.58. The molecule has 0 radical (unpaired) electrons. The van der Waals surface area contributed by atoms with Crippen LogP contribution in [-0.2, 0) is 9.59 Å². The smallest absolute Gasteiger partial charge is 0.270 e. The van der Waals surface area contributed by atoms with Crippen LogP contribution in [0.25, 0.3) is 11.6 Å². The summed E-state index contributed by atoms with van der Waals surface area (Å²) in [4.78, 5) is 29.6. The Kier molecular flexibility index (Phi) is 5.93. The Morgan fingerprint density at radius 1 is 1.09 bits per heavy atom. The van der Waals surface area contributed by atoms with E-state index in [1.54, 1.807) is 30.3 Å². The van der Waals surface area contributed by atoms with Gasteiger partial charge in [-0.3, -0.25) is 19.8 Å². The summed E-state index contributed by atoms with van der Waals surface area (Å²) in [6.45, 7) is 10.8. The molecule has 2 amide bonds. The van der Waals surface area contributed by atoms with E-state index in [0.29, 0.717) is 16.8 Å². The van der Waals surface area contributed by atoms with E-state index >= 15 is 0 Å². The van der Waals surface area contributed by atoms with Gasteiger partial charge in [0.1, 0.15) is 5.57 Å². The molecule has 170 valence electrons. The van der Waals surface area contributed by atoms with E-state index in [2.05, 4.69) is 57.0 Å². The zero-order valence-electron chi connectivity index (χ0n) is 19.3. The molecule has 2 aliphatic heterocycles. The first-order valence-corrected chi connectivity index (χ1v) is 11.6. The second-order valence-electron chi connectivity index (χ2n) is 9.16. The standard InChI is InChI=1S/C26H26ClN3O2S/c1-15(2)30-22-11-6-17(12-20(22)16(3)14-26(30,4)5)13-21-23(31)28-25(33)29(24(21)32)19-9-7-18(27)8-10-19/h6-15H,1-5H3,(H,28,31,33)/b21-13+. The van der Waals surface area contributed by atoms with Gasteiger partial charge in [0.2, 0.25) is 0 Å². The van der Waals surface area contributed by atoms with E-state index in [-0.39, 0.29) is 16.2 Å². The van der Waals surface area contributed by atoms with Gasteiger partial charge < -0.3 is 4.90 Å². The Morgan fingerprint density at radius 2 is 1.76 bits per heavy atom. The molecule has 0 unspecified atom stereocenters. The zero-order chi connectivity index (χ0) is 24.1. The number of carbonyl (C=O) groups is 2. The maximum Gasteiger partial charge on any atom is 0.270 e. The number of rotatable bonds is 3. The number of benzene rings is 2. The van der Waals surface area contributed by atoms with Crippen molar-refractivity contribution >= 4 is 63.8 Å². The quantitative estimate of drug-likeness (QED) is 0.354. The van der Waals surface area contributed by atoms with Gasteiger partial charge in [-0.15, -0.1) is 0 Å². The first kappa shape index (κ1) is 23.2. The molecule has 2 aliphatic rings. The van der Waals surface area contributed by atoms with Crippen molar-refractivity contribution in [1.29, 1.82) is 0 Å². The number of fused-ring (bicyclic) bond motifs is 1. The predicted molar refractivity (Wildman–Crippen MR) is 139 cm³/mol. The molecule has 33 heavy (non-hydrogen) atoms. The van der Waals surface area contributed by atoms with Crippen LogP contribution in [-0.4, -0.2) is 28.5 Å². The average Bonchev–Trinajstić information content (AvgIpc) is 2.71. The van der Waals surface area contributed by atoms with Crippen molar-refractivity contribution in [1.82, 2.24) is 5.32 Å². The lowest BCUT2D eigenvalue weighted by Crippen LogP contribution is -2.54. The van der Waals surface area contributed by atoms with Crippen molar-refractivity contribution in [3.63, 3.8) is 0 Å². The summed E-state index contributed by atoms with van der Waals surface area (Å²) in [5, 5.41) is 3.22. The van der Waals surface area contributed by atoms with Crippen molar-refractivity contribution in [3.8, 4) is 0 Å². The van der Waals surface area contributed by atoms with Crippen LogP contribution in [0.5, 0.6) is 0 Å². The number of hydrogen-bond donors (Lipinski definition) is 1. The Labute approximate surface area is 204 Å². The van der Waals surface area contributed by atoms with Crippen LogP contribution in [0.15, 0.2) is 54.1 Å². The second-order valence-corrected chi connectivity index (χ2v) is 9.98. The molecule has 1 fully saturated rings. The van der Waals surface area contributed by atoms with E-state index in [4.69, 9.17) is 23.8 Å². The molecule has 1 saturated heterocycles. The Bertz CT molecular complexity index is 1230. The van der Waals surface area contributed by atoms with E-state index in [0.717, 1.165) is 22.4 Å². The third-order valence-corrected chi connectivity index (χ3v) is 6.45. The fraction of sp³-hybridized carbons (Fsp3) is 0.269. The first-order valence-electron chi connectivity index (χ1n) is 10.8. The van der Waals surface area contributed by atoms with Gasteiger partial charge in [0.15, 0.2) is 5.11 Å². The fourth-order valence-electron chi connectivity index (χ4n) is 4.75. The van der Waals surface area contributed by atoms with Crippen LogP contribution >= 0.6 is 23.8 Å². The highest BCUT2D eigenvalue weighted by molar-refractivity contribution is 7.80. The highest BCUT2D eigenvalue weighted by Crippen LogP contribution is 2.40. The highest BCUT2D eigenvalue weighted by Gasteiger charge is 2.35. The van der Waals surface area contributed by atoms with Crippen LogP contribution < -0.4 is 15.1 Å². The molecule has 7 heteroatoms. The zero-order valence-corrected chi connectivity index (χ0v) is 20.8. The highest BCUT2D eigenvalue weighted by atomic mass is 35.5. The lowest BCUT2D eigenvalue weighted by molar-refractivity contribution is -0.122. The van der Waals surface area contributed by atoms with Gasteiger partial charge >= 0.3 is 0 Å². The van der Waals surface area contributed by atoms with E-state index in [1.807, 2.05) is 12.1 Å². The number of nitrogens with one attached hydrogen (secondary N) is 1. The normalized spacial score (nSPS) is 19.1. The minimum Gasteiger partial charge on any atom is -0.360 e. The summed E-state index contributed by atoms with van der Waals surface area (Å²) >= 11 is 11.2. The number of anilines is 2. The van der Waals surface area contributed by atoms with Crippen LogP contribution in [0.2, 0.25) is 5.02 Å². The van der Waals surface area contributed by atoms with E-state index < -0.39 is 11.8 Å². The maximum absolute atomic E-state index is 13.3. The fourth-order valence-corrected chi connectivity index (χ4v) is 5.16. The van der Waals surface area contributed by atoms with E-state index in [9.17, 15) is 9.59 Å². The summed E-state index contributed by atoms with van der Waals surface area (Å²) in [7, 11) is 0. The Hall–Kier alpha value is -2.96. The van der Waals surface area contributed by atoms with Gasteiger partial charge in [0.05, 0.1) is 11.2 Å². The number of thiocarbonyl (C=S) groups is 1. The summed E-state index contributed by atoms with van der Waals surface area (Å²) in [6.07, 6.45) is 3.88. The van der Waals surface area contributed by atoms with E-state index in [1.165, 1.54) is 4.90 Å². The average molecular weight is 480 g/mol. The number of allylic oxidation sites excluding steroid dienone is 1. The molecule has 0 spiro atoms. The van der Waals surface area contributed by atoms with Crippen molar-refractivity contribution in [3.05, 3.63) is 70.3 Å². The molecule has 0 aliphatic carbocycles. The Morgan fingerprint density at radius 3 is 2.39 bits per heavy atom. The van der Waals surface area contributed by atoms with Crippen LogP contribution in [0.4, 0.5) is 11.4 Å². The van der Waals surface area contributed by atoms with Crippen molar-refractivity contribution in [2.45, 2.75) is 46.2 Å². The largest absolute Gasteiger partial charge is 0.360 e. The molecule has 0 saturated carbocycles. The maximum atomic E-state index is 13.3. The minimum absolute atomic E-state index is 0.0250. The molecule has 0 bridgehead atoms. The van der Waals surface area contributed by atoms with Gasteiger partial charge in [0.25, 0.3) is 11.8 Å². The molecule has 5 nitrogen and oxygen atoms in total. The van der Waals surface area contributed by atoms with Crippen LogP contribution in [0.3, 0.4) is 0 Å².